The molecule has 0 N–H and O–H groups in total. The predicted octanol–water partition coefficient (Wildman–Crippen LogP) is 5.34. The third-order valence-corrected chi connectivity index (χ3v) is 7.80. The topological polar surface area (TPSA) is 63.4 Å². The molecule has 0 saturated heterocycles. The number of carbonyl (C=O) groups excluding carboxylic acids is 1. The number of hydrogen-bond acceptors (Lipinski definition) is 4. The molecule has 7 nitrogen and oxygen atoms in total. The largest absolute Gasteiger partial charge is 0.341 e. The van der Waals surface area contributed by atoms with Crippen molar-refractivity contribution in [1.29, 1.82) is 0 Å². The number of aryl methyl sites for hydroxylation is 3. The van der Waals surface area contributed by atoms with Crippen LogP contribution in [0.1, 0.15) is 42.0 Å². The zero-order valence-corrected chi connectivity index (χ0v) is 22.1. The van der Waals surface area contributed by atoms with Gasteiger partial charge in [-0.1, -0.05) is 0 Å². The number of carbonyl (C=O) groups is 1. The molecule has 0 radical (unpaired) electrons. The van der Waals surface area contributed by atoms with Gasteiger partial charge in [-0.25, -0.2) is 8.78 Å². The van der Waals surface area contributed by atoms with Gasteiger partial charge in [0.05, 0.1) is 6.20 Å². The van der Waals surface area contributed by atoms with Crippen molar-refractivity contribution in [3.05, 3.63) is 87.6 Å². The normalized spacial score (nSPS) is 14.6. The van der Waals surface area contributed by atoms with Crippen LogP contribution in [0.15, 0.2) is 59.8 Å². The summed E-state index contributed by atoms with van der Waals surface area (Å²) in [4.78, 5) is 28.3. The van der Waals surface area contributed by atoms with Crippen molar-refractivity contribution in [2.45, 2.75) is 39.3 Å². The number of anilines is 2. The highest BCUT2D eigenvalue weighted by atomic mass is 19.3. The first-order valence-electron chi connectivity index (χ1n) is 13.0. The lowest BCUT2D eigenvalue weighted by Gasteiger charge is -2.34. The van der Waals surface area contributed by atoms with Gasteiger partial charge in [0.2, 0.25) is 11.5 Å². The van der Waals surface area contributed by atoms with Crippen molar-refractivity contribution in [3.8, 4) is 22.3 Å². The van der Waals surface area contributed by atoms with Gasteiger partial charge in [0.1, 0.15) is 0 Å². The molecule has 6 rings (SSSR count). The molecule has 0 saturated carbocycles. The first-order chi connectivity index (χ1) is 18.7. The van der Waals surface area contributed by atoms with Gasteiger partial charge >= 0.3 is 0 Å². The summed E-state index contributed by atoms with van der Waals surface area (Å²) in [7, 11) is 3.48. The number of benzene rings is 2. The van der Waals surface area contributed by atoms with Crippen molar-refractivity contribution < 1.29 is 13.6 Å². The van der Waals surface area contributed by atoms with Crippen LogP contribution in [0.5, 0.6) is 0 Å². The Hall–Kier alpha value is -4.27. The van der Waals surface area contributed by atoms with Gasteiger partial charge in [0.15, 0.2) is 0 Å². The van der Waals surface area contributed by atoms with Crippen molar-refractivity contribution in [2.24, 2.45) is 14.1 Å². The van der Waals surface area contributed by atoms with Gasteiger partial charge in [-0.3, -0.25) is 14.3 Å². The van der Waals surface area contributed by atoms with Crippen LogP contribution in [0.4, 0.5) is 20.2 Å². The van der Waals surface area contributed by atoms with Gasteiger partial charge in [0, 0.05) is 87.2 Å². The van der Waals surface area contributed by atoms with Crippen molar-refractivity contribution in [2.75, 3.05) is 11.4 Å². The van der Waals surface area contributed by atoms with E-state index in [4.69, 9.17) is 0 Å². The highest BCUT2D eigenvalue weighted by molar-refractivity contribution is 5.82. The van der Waals surface area contributed by atoms with E-state index < -0.39 is 6.43 Å². The number of fused-ring (bicyclic) bond motifs is 2. The SMILES string of the molecule is CC(=O)N1Cc2cc(-c3ccc(=O)n(C)c3)cc(N3CCCc4cc(-c5cnn(C)c5)c(C(F)F)cc43)c2C1. The molecule has 39 heavy (non-hydrogen) atoms. The van der Waals surface area contributed by atoms with Crippen molar-refractivity contribution in [3.63, 3.8) is 0 Å². The van der Waals surface area contributed by atoms with E-state index in [-0.39, 0.29) is 17.0 Å². The Morgan fingerprint density at radius 2 is 1.77 bits per heavy atom. The third kappa shape index (κ3) is 4.41. The van der Waals surface area contributed by atoms with Crippen LogP contribution in [0.2, 0.25) is 0 Å². The molecule has 2 aromatic heterocycles. The predicted molar refractivity (Wildman–Crippen MR) is 146 cm³/mol. The minimum absolute atomic E-state index is 0.0130. The molecule has 9 heteroatoms. The molecule has 200 valence electrons. The summed E-state index contributed by atoms with van der Waals surface area (Å²) >= 11 is 0. The standard InChI is InChI=1S/C30H29F2N5O2/c1-18(38)36-16-22-9-21(20-6-7-29(39)34(2)14-20)11-28(26(22)17-36)37-8-4-5-19-10-24(23-13-33-35(3)15-23)25(30(31)32)12-27(19)37/h6-7,9-15,30H,4-5,8,16-17H2,1-3H3. The minimum atomic E-state index is -2.65. The monoisotopic (exact) mass is 529 g/mol. The number of nitrogens with zero attached hydrogens (tertiary/aromatic N) is 5. The molecule has 1 amide bonds. The molecule has 0 aliphatic carbocycles. The summed E-state index contributed by atoms with van der Waals surface area (Å²) in [6.07, 6.45) is 4.17. The van der Waals surface area contributed by atoms with Gasteiger partial charge in [0.25, 0.3) is 6.43 Å². The molecule has 2 aliphatic rings. The molecule has 0 unspecified atom stereocenters. The molecule has 4 aromatic rings. The fourth-order valence-electron chi connectivity index (χ4n) is 5.78. The second kappa shape index (κ2) is 9.48. The second-order valence-corrected chi connectivity index (χ2v) is 10.4. The summed E-state index contributed by atoms with van der Waals surface area (Å²) < 4.78 is 32.0. The summed E-state index contributed by atoms with van der Waals surface area (Å²) in [6, 6.07) is 11.0. The van der Waals surface area contributed by atoms with Crippen LogP contribution in [0.25, 0.3) is 22.3 Å². The van der Waals surface area contributed by atoms with Gasteiger partial charge in [-0.15, -0.1) is 0 Å². The van der Waals surface area contributed by atoms with Crippen LogP contribution in [-0.4, -0.2) is 31.7 Å². The Bertz CT molecular complexity index is 1670. The van der Waals surface area contributed by atoms with E-state index in [1.54, 1.807) is 61.3 Å². The number of alkyl halides is 2. The Balaban J connectivity index is 1.53. The Morgan fingerprint density at radius 1 is 0.949 bits per heavy atom. The Labute approximate surface area is 224 Å². The lowest BCUT2D eigenvalue weighted by atomic mass is 9.91. The van der Waals surface area contributed by atoms with Crippen LogP contribution >= 0.6 is 0 Å². The molecule has 0 fully saturated rings. The number of pyridine rings is 1. The van der Waals surface area contributed by atoms with Gasteiger partial charge < -0.3 is 14.4 Å². The summed E-state index contributed by atoms with van der Waals surface area (Å²) in [5, 5.41) is 4.19. The number of aromatic nitrogens is 3. The fraction of sp³-hybridized carbons (Fsp3) is 0.300. The first kappa shape index (κ1) is 25.0. The molecule has 2 aromatic carbocycles. The number of hydrogen-bond donors (Lipinski definition) is 0. The van der Waals surface area contributed by atoms with E-state index in [1.807, 2.05) is 6.07 Å². The average molecular weight is 530 g/mol. The zero-order valence-electron chi connectivity index (χ0n) is 22.1. The third-order valence-electron chi connectivity index (χ3n) is 7.80. The van der Waals surface area contributed by atoms with Crippen molar-refractivity contribution >= 4 is 17.3 Å². The minimum Gasteiger partial charge on any atom is -0.341 e. The van der Waals surface area contributed by atoms with Crippen molar-refractivity contribution in [1.82, 2.24) is 19.2 Å². The number of halogens is 2. The van der Waals surface area contributed by atoms with Crippen LogP contribution in [-0.2, 0) is 38.4 Å². The fourth-order valence-corrected chi connectivity index (χ4v) is 5.78. The Morgan fingerprint density at radius 3 is 2.46 bits per heavy atom. The molecule has 4 heterocycles. The number of rotatable bonds is 4. The van der Waals surface area contributed by atoms with E-state index in [9.17, 15) is 18.4 Å². The van der Waals surface area contributed by atoms with Crippen LogP contribution < -0.4 is 10.5 Å². The Kier molecular flexibility index (Phi) is 6.09. The maximum Gasteiger partial charge on any atom is 0.264 e. The van der Waals surface area contributed by atoms with Gasteiger partial charge in [-0.2, -0.15) is 5.10 Å². The highest BCUT2D eigenvalue weighted by Crippen LogP contribution is 2.45. The lowest BCUT2D eigenvalue weighted by molar-refractivity contribution is -0.129. The van der Waals surface area contributed by atoms with E-state index in [2.05, 4.69) is 22.1 Å². The van der Waals surface area contributed by atoms with Crippen LogP contribution in [0, 0.1) is 0 Å². The molecule has 0 bridgehead atoms. The lowest BCUT2D eigenvalue weighted by Crippen LogP contribution is -2.26. The summed E-state index contributed by atoms with van der Waals surface area (Å²) in [5.74, 6) is -0.0130. The quantitative estimate of drug-likeness (QED) is 0.358. The summed E-state index contributed by atoms with van der Waals surface area (Å²) in [5.41, 5.74) is 7.58. The first-order valence-corrected chi connectivity index (χ1v) is 13.0. The molecular weight excluding hydrogens is 500 g/mol. The molecule has 2 aliphatic heterocycles. The maximum atomic E-state index is 14.4. The second-order valence-electron chi connectivity index (χ2n) is 10.4. The van der Waals surface area contributed by atoms with E-state index in [0.29, 0.717) is 30.8 Å². The molecule has 0 spiro atoms. The van der Waals surface area contributed by atoms with E-state index in [1.165, 1.54) is 10.6 Å². The van der Waals surface area contributed by atoms with E-state index in [0.717, 1.165) is 52.0 Å². The smallest absolute Gasteiger partial charge is 0.264 e. The number of amides is 1. The van der Waals surface area contributed by atoms with Crippen LogP contribution in [0.3, 0.4) is 0 Å². The average Bonchev–Trinajstić information content (AvgIpc) is 3.55. The maximum absolute atomic E-state index is 14.4. The van der Waals surface area contributed by atoms with Gasteiger partial charge in [-0.05, 0) is 71.0 Å². The molecule has 0 atom stereocenters. The summed E-state index contributed by atoms with van der Waals surface area (Å²) in [6.45, 7) is 3.19. The zero-order chi connectivity index (χ0) is 27.4. The van der Waals surface area contributed by atoms with E-state index >= 15 is 0 Å². The highest BCUT2D eigenvalue weighted by Gasteiger charge is 2.30. The molecular formula is C30H29F2N5O2.